The molecule has 8 aromatic rings. The standard InChI is InChI=1S/C24H24FN7O2S2.C23H24ClFN6O2S2/c1-30(24-28-21(15-35-24)16-3-5-18(25)6-4-16)23-20(9-12-26)27-22-8-7-19(29-32(22)23)17-10-13-31(14-11-17)36(2,33)34;1-29(23-27-20(14-34-23)15-3-5-17(25)6-4-15)22-19(13-24)26-21-8-7-18(28-31(21)22)16-9-11-30(12-10-16)35(2,32)33/h3-8,15,17H,9-11,13-14H2,1-2H3;3-8,14,16H,9-13H2,1-2H3. The third-order valence-electron chi connectivity index (χ3n) is 12.6. The normalized spacial score (nSPS) is 15.5. The number of alkyl halides is 1. The van der Waals surface area contributed by atoms with E-state index in [1.807, 2.05) is 58.9 Å². The number of anilines is 4. The number of piperidine rings is 2. The number of fused-ring (bicyclic) bond motifs is 2. The van der Waals surface area contributed by atoms with Gasteiger partial charge in [0.1, 0.15) is 17.3 Å². The summed E-state index contributed by atoms with van der Waals surface area (Å²) in [7, 11) is -2.63. The Morgan fingerprint density at radius 2 is 1.03 bits per heavy atom. The molecule has 0 aliphatic carbocycles. The van der Waals surface area contributed by atoms with E-state index in [4.69, 9.17) is 31.8 Å². The fraction of sp³-hybridized carbons (Fsp3) is 0.340. The summed E-state index contributed by atoms with van der Waals surface area (Å²) >= 11 is 9.15. The zero-order valence-corrected chi connectivity index (χ0v) is 43.0. The monoisotopic (exact) mass is 1060 g/mol. The van der Waals surface area contributed by atoms with Crippen molar-refractivity contribution in [2.24, 2.45) is 0 Å². The number of benzene rings is 2. The number of nitriles is 1. The van der Waals surface area contributed by atoms with Crippen LogP contribution in [0.4, 0.5) is 30.7 Å². The van der Waals surface area contributed by atoms with Gasteiger partial charge >= 0.3 is 0 Å². The minimum Gasteiger partial charge on any atom is -0.304 e. The van der Waals surface area contributed by atoms with Crippen LogP contribution in [0, 0.1) is 23.0 Å². The predicted octanol–water partition coefficient (Wildman–Crippen LogP) is 8.60. The largest absolute Gasteiger partial charge is 0.304 e. The third-order valence-corrected chi connectivity index (χ3v) is 17.3. The first-order valence-electron chi connectivity index (χ1n) is 22.5. The van der Waals surface area contributed by atoms with Gasteiger partial charge in [-0.05, 0) is 98.5 Å². The van der Waals surface area contributed by atoms with Crippen molar-refractivity contribution in [1.82, 2.24) is 47.8 Å². The van der Waals surface area contributed by atoms with Crippen LogP contribution >= 0.6 is 34.3 Å². The summed E-state index contributed by atoms with van der Waals surface area (Å²) in [5.41, 5.74) is 7.45. The lowest BCUT2D eigenvalue weighted by molar-refractivity contribution is 0.317. The SMILES string of the molecule is CN(c1nc(-c2ccc(F)cc2)cs1)c1c(CC#N)nc2ccc(C3CCN(S(C)(=O)=O)CC3)nn12.CN(c1nc(-c2ccc(F)cc2)cs1)c1c(CCl)nc2ccc(C3CCN(S(C)(=O)=O)CC3)nn12. The Morgan fingerprint density at radius 1 is 0.634 bits per heavy atom. The molecule has 2 aliphatic heterocycles. The highest BCUT2D eigenvalue weighted by atomic mass is 35.5. The predicted molar refractivity (Wildman–Crippen MR) is 273 cm³/mol. The molecule has 370 valence electrons. The molecular formula is C47H48ClF2N13O4S4. The number of hydrogen-bond acceptors (Lipinski definition) is 15. The average Bonchev–Trinajstić information content (AvgIpc) is 4.19. The van der Waals surface area contributed by atoms with Gasteiger partial charge in [0.2, 0.25) is 20.0 Å². The molecular weight excluding hydrogens is 1010 g/mol. The second kappa shape index (κ2) is 20.6. The van der Waals surface area contributed by atoms with Crippen molar-refractivity contribution in [3.8, 4) is 28.6 Å². The summed E-state index contributed by atoms with van der Waals surface area (Å²) in [6.45, 7) is 1.89. The van der Waals surface area contributed by atoms with Crippen molar-refractivity contribution >= 4 is 87.5 Å². The second-order valence-electron chi connectivity index (χ2n) is 17.3. The molecule has 6 aromatic heterocycles. The molecule has 0 amide bonds. The van der Waals surface area contributed by atoms with E-state index < -0.39 is 20.0 Å². The molecule has 0 bridgehead atoms. The number of nitrogens with zero attached hydrogens (tertiary/aromatic N) is 13. The lowest BCUT2D eigenvalue weighted by atomic mass is 9.94. The highest BCUT2D eigenvalue weighted by Gasteiger charge is 2.30. The summed E-state index contributed by atoms with van der Waals surface area (Å²) in [4.78, 5) is 22.5. The van der Waals surface area contributed by atoms with E-state index in [2.05, 4.69) is 16.0 Å². The molecule has 71 heavy (non-hydrogen) atoms. The Morgan fingerprint density at radius 3 is 1.41 bits per heavy atom. The molecule has 8 heterocycles. The quantitative estimate of drug-likeness (QED) is 0.106. The summed E-state index contributed by atoms with van der Waals surface area (Å²) in [5.74, 6) is 1.28. The van der Waals surface area contributed by atoms with Crippen molar-refractivity contribution in [2.45, 2.75) is 49.8 Å². The van der Waals surface area contributed by atoms with E-state index in [1.165, 1.54) is 68.1 Å². The number of imidazole rings is 2. The molecule has 0 N–H and O–H groups in total. The van der Waals surface area contributed by atoms with E-state index in [0.717, 1.165) is 44.9 Å². The molecule has 0 radical (unpaired) electrons. The van der Waals surface area contributed by atoms with E-state index >= 15 is 0 Å². The van der Waals surface area contributed by atoms with Gasteiger partial charge in [0.05, 0.1) is 59.4 Å². The maximum atomic E-state index is 13.3. The topological polar surface area (TPSA) is 191 Å². The van der Waals surface area contributed by atoms with Crippen LogP contribution in [0.15, 0.2) is 83.6 Å². The van der Waals surface area contributed by atoms with Crippen LogP contribution in [0.1, 0.15) is 60.3 Å². The van der Waals surface area contributed by atoms with Gasteiger partial charge < -0.3 is 9.80 Å². The maximum Gasteiger partial charge on any atom is 0.211 e. The van der Waals surface area contributed by atoms with Crippen LogP contribution in [0.25, 0.3) is 33.8 Å². The molecule has 17 nitrogen and oxygen atoms in total. The molecule has 0 saturated carbocycles. The average molecular weight is 1060 g/mol. The highest BCUT2D eigenvalue weighted by molar-refractivity contribution is 7.88. The first-order chi connectivity index (χ1) is 34.0. The van der Waals surface area contributed by atoms with Crippen molar-refractivity contribution < 1.29 is 25.6 Å². The first kappa shape index (κ1) is 50.0. The second-order valence-corrected chi connectivity index (χ2v) is 23.2. The van der Waals surface area contributed by atoms with Crippen LogP contribution < -0.4 is 9.80 Å². The maximum absolute atomic E-state index is 13.3. The lowest BCUT2D eigenvalue weighted by Crippen LogP contribution is -2.37. The van der Waals surface area contributed by atoms with E-state index in [-0.39, 0.29) is 35.8 Å². The molecule has 0 atom stereocenters. The van der Waals surface area contributed by atoms with Crippen LogP contribution in [0.2, 0.25) is 0 Å². The Labute approximate surface area is 422 Å². The Hall–Kier alpha value is -6.00. The lowest BCUT2D eigenvalue weighted by Gasteiger charge is -2.29. The minimum atomic E-state index is -3.20. The number of sulfonamides is 2. The molecule has 24 heteroatoms. The molecule has 2 saturated heterocycles. The van der Waals surface area contributed by atoms with Gasteiger partial charge in [0.15, 0.2) is 33.2 Å². The first-order valence-corrected chi connectivity index (χ1v) is 28.5. The fourth-order valence-electron chi connectivity index (χ4n) is 8.84. The number of rotatable bonds is 12. The van der Waals surface area contributed by atoms with Crippen molar-refractivity contribution in [3.63, 3.8) is 0 Å². The molecule has 2 aromatic carbocycles. The van der Waals surface area contributed by atoms with E-state index in [1.54, 1.807) is 33.3 Å². The van der Waals surface area contributed by atoms with Gasteiger partial charge in [0.25, 0.3) is 0 Å². The van der Waals surface area contributed by atoms with Crippen molar-refractivity contribution in [3.05, 3.63) is 118 Å². The zero-order chi connectivity index (χ0) is 50.2. The molecule has 2 aliphatic rings. The number of hydrogen-bond donors (Lipinski definition) is 0. The van der Waals surface area contributed by atoms with Crippen molar-refractivity contribution in [2.75, 3.05) is 62.6 Å². The van der Waals surface area contributed by atoms with Crippen molar-refractivity contribution in [1.29, 1.82) is 5.26 Å². The zero-order valence-electron chi connectivity index (χ0n) is 39.0. The molecule has 0 spiro atoms. The Balaban J connectivity index is 0.000000176. The molecule has 2 fully saturated rings. The number of aromatic nitrogens is 8. The smallest absolute Gasteiger partial charge is 0.211 e. The van der Waals surface area contributed by atoms with E-state index in [0.29, 0.717) is 85.5 Å². The summed E-state index contributed by atoms with van der Waals surface area (Å²) in [5, 5.41) is 24.4. The molecule has 10 rings (SSSR count). The van der Waals surface area contributed by atoms with Gasteiger partial charge in [-0.15, -0.1) is 34.3 Å². The minimum absolute atomic E-state index is 0.112. The third kappa shape index (κ3) is 10.8. The van der Waals surface area contributed by atoms with Gasteiger partial charge in [-0.1, -0.05) is 0 Å². The summed E-state index contributed by atoms with van der Waals surface area (Å²) in [6, 6.07) is 22.3. The van der Waals surface area contributed by atoms with Crippen LogP contribution in [0.5, 0.6) is 0 Å². The van der Waals surface area contributed by atoms with Crippen LogP contribution in [-0.2, 0) is 32.3 Å². The number of halogens is 3. The Kier molecular flexibility index (Phi) is 14.5. The van der Waals surface area contributed by atoms with Gasteiger partial charge in [0, 0.05) is 74.0 Å². The van der Waals surface area contributed by atoms with E-state index in [9.17, 15) is 30.9 Å². The summed E-state index contributed by atoms with van der Waals surface area (Å²) in [6.07, 6.45) is 5.39. The van der Waals surface area contributed by atoms with Gasteiger partial charge in [-0.3, -0.25) is 0 Å². The van der Waals surface area contributed by atoms with Gasteiger partial charge in [-0.25, -0.2) is 54.2 Å². The highest BCUT2D eigenvalue weighted by Crippen LogP contribution is 2.37. The molecule has 0 unspecified atom stereocenters. The van der Waals surface area contributed by atoms with Gasteiger partial charge in [-0.2, -0.15) is 24.5 Å². The van der Waals surface area contributed by atoms with Crippen LogP contribution in [-0.4, -0.2) is 117 Å². The Bertz CT molecular complexity index is 3470. The van der Waals surface area contributed by atoms with Crippen LogP contribution in [0.3, 0.4) is 0 Å². The number of thiazole rings is 2. The fourth-order valence-corrected chi connectivity index (χ4v) is 12.4. The summed E-state index contributed by atoms with van der Waals surface area (Å²) < 4.78 is 80.7.